The van der Waals surface area contributed by atoms with Gasteiger partial charge in [-0.25, -0.2) is 0 Å². The predicted molar refractivity (Wildman–Crippen MR) is 62.3 cm³/mol. The minimum absolute atomic E-state index is 0.312. The van der Waals surface area contributed by atoms with Crippen molar-refractivity contribution < 1.29 is 9.26 Å². The Kier molecular flexibility index (Phi) is 2.81. The Balaban J connectivity index is 2.57. The van der Waals surface area contributed by atoms with Gasteiger partial charge in [-0.05, 0) is 24.1 Å². The van der Waals surface area contributed by atoms with Crippen molar-refractivity contribution in [3.05, 3.63) is 30.0 Å². The second-order valence-electron chi connectivity index (χ2n) is 3.49. The average Bonchev–Trinajstić information content (AvgIpc) is 2.74. The van der Waals surface area contributed by atoms with E-state index in [1.165, 1.54) is 5.56 Å². The first-order valence-corrected chi connectivity index (χ1v) is 5.13. The molecule has 0 saturated carbocycles. The van der Waals surface area contributed by atoms with Crippen molar-refractivity contribution in [2.45, 2.75) is 13.3 Å². The Hall–Kier alpha value is -1.97. The van der Waals surface area contributed by atoms with Crippen LogP contribution in [-0.4, -0.2) is 12.3 Å². The monoisotopic (exact) mass is 218 g/mol. The van der Waals surface area contributed by atoms with Crippen LogP contribution in [0.3, 0.4) is 0 Å². The van der Waals surface area contributed by atoms with E-state index < -0.39 is 0 Å². The Morgan fingerprint density at radius 3 is 2.75 bits per heavy atom. The molecule has 1 heterocycles. The fourth-order valence-electron chi connectivity index (χ4n) is 1.64. The number of nitrogen functional groups attached to an aromatic ring is 1. The zero-order valence-electron chi connectivity index (χ0n) is 9.36. The molecule has 0 fully saturated rings. The maximum Gasteiger partial charge on any atom is 0.230 e. The normalized spacial score (nSPS) is 10.4. The zero-order chi connectivity index (χ0) is 11.5. The van der Waals surface area contributed by atoms with Gasteiger partial charge in [-0.1, -0.05) is 18.1 Å². The quantitative estimate of drug-likeness (QED) is 0.859. The van der Waals surface area contributed by atoms with Crippen LogP contribution in [0.5, 0.6) is 5.75 Å². The number of ether oxygens (including phenoxy) is 1. The lowest BCUT2D eigenvalue weighted by Crippen LogP contribution is -1.92. The fourth-order valence-corrected chi connectivity index (χ4v) is 1.64. The summed E-state index contributed by atoms with van der Waals surface area (Å²) in [6.45, 7) is 2.10. The minimum atomic E-state index is 0.312. The fraction of sp³-hybridized carbons (Fsp3) is 0.250. The summed E-state index contributed by atoms with van der Waals surface area (Å²) in [5.41, 5.74) is 8.61. The second-order valence-corrected chi connectivity index (χ2v) is 3.49. The highest BCUT2D eigenvalue weighted by atomic mass is 16.5. The van der Waals surface area contributed by atoms with Crippen molar-refractivity contribution in [2.24, 2.45) is 0 Å². The topological polar surface area (TPSA) is 61.3 Å². The van der Waals surface area contributed by atoms with E-state index in [9.17, 15) is 0 Å². The van der Waals surface area contributed by atoms with Crippen LogP contribution >= 0.6 is 0 Å². The first kappa shape index (κ1) is 10.5. The van der Waals surface area contributed by atoms with Gasteiger partial charge in [0.25, 0.3) is 0 Å². The van der Waals surface area contributed by atoms with Gasteiger partial charge in [0.05, 0.1) is 18.9 Å². The molecule has 0 bridgehead atoms. The summed E-state index contributed by atoms with van der Waals surface area (Å²) >= 11 is 0. The van der Waals surface area contributed by atoms with Crippen LogP contribution in [0, 0.1) is 0 Å². The zero-order valence-corrected chi connectivity index (χ0v) is 9.36. The smallest absolute Gasteiger partial charge is 0.230 e. The summed E-state index contributed by atoms with van der Waals surface area (Å²) in [6, 6.07) is 6.01. The van der Waals surface area contributed by atoms with E-state index >= 15 is 0 Å². The lowest BCUT2D eigenvalue weighted by molar-refractivity contribution is 0.416. The number of aryl methyl sites for hydroxylation is 1. The van der Waals surface area contributed by atoms with Crippen LogP contribution in [0.4, 0.5) is 5.88 Å². The molecule has 84 valence electrons. The molecule has 0 saturated heterocycles. The van der Waals surface area contributed by atoms with Crippen LogP contribution in [-0.2, 0) is 6.42 Å². The second kappa shape index (κ2) is 4.26. The molecule has 1 aromatic heterocycles. The number of hydrogen-bond acceptors (Lipinski definition) is 4. The van der Waals surface area contributed by atoms with E-state index in [0.29, 0.717) is 5.88 Å². The third-order valence-electron chi connectivity index (χ3n) is 2.56. The number of methoxy groups -OCH3 is 1. The maximum absolute atomic E-state index is 5.70. The summed E-state index contributed by atoms with van der Waals surface area (Å²) in [6.07, 6.45) is 2.56. The van der Waals surface area contributed by atoms with Gasteiger partial charge in [0.1, 0.15) is 5.75 Å². The van der Waals surface area contributed by atoms with Crippen LogP contribution in [0.15, 0.2) is 28.9 Å². The highest BCUT2D eigenvalue weighted by molar-refractivity contribution is 5.77. The van der Waals surface area contributed by atoms with Gasteiger partial charge in [0.15, 0.2) is 0 Å². The Labute approximate surface area is 94.0 Å². The summed E-state index contributed by atoms with van der Waals surface area (Å²) < 4.78 is 10.2. The van der Waals surface area contributed by atoms with Gasteiger partial charge >= 0.3 is 0 Å². The van der Waals surface area contributed by atoms with Crippen LogP contribution < -0.4 is 10.5 Å². The molecule has 1 aromatic carbocycles. The molecular weight excluding hydrogens is 204 g/mol. The minimum Gasteiger partial charge on any atom is -0.496 e. The molecule has 2 aromatic rings. The molecule has 16 heavy (non-hydrogen) atoms. The third kappa shape index (κ3) is 1.74. The van der Waals surface area contributed by atoms with Gasteiger partial charge in [-0.3, -0.25) is 0 Å². The van der Waals surface area contributed by atoms with Crippen molar-refractivity contribution in [1.29, 1.82) is 0 Å². The van der Waals surface area contributed by atoms with Crippen molar-refractivity contribution >= 4 is 5.88 Å². The molecule has 0 spiro atoms. The molecule has 2 N–H and O–H groups in total. The molecule has 4 heteroatoms. The van der Waals surface area contributed by atoms with Gasteiger partial charge in [-0.15, -0.1) is 0 Å². The summed E-state index contributed by atoms with van der Waals surface area (Å²) in [5.74, 6) is 1.08. The predicted octanol–water partition coefficient (Wildman–Crippen LogP) is 2.49. The van der Waals surface area contributed by atoms with E-state index in [-0.39, 0.29) is 0 Å². The van der Waals surface area contributed by atoms with E-state index in [1.807, 2.05) is 18.2 Å². The largest absolute Gasteiger partial charge is 0.496 e. The molecule has 0 amide bonds. The number of hydrogen-bond donors (Lipinski definition) is 1. The van der Waals surface area contributed by atoms with Crippen LogP contribution in [0.1, 0.15) is 12.5 Å². The van der Waals surface area contributed by atoms with Crippen molar-refractivity contribution in [3.8, 4) is 16.9 Å². The Bertz CT molecular complexity index is 492. The first-order valence-electron chi connectivity index (χ1n) is 5.13. The summed E-state index contributed by atoms with van der Waals surface area (Å²) in [5, 5.41) is 3.67. The number of nitrogens with two attached hydrogens (primary N) is 1. The molecule has 0 aliphatic heterocycles. The lowest BCUT2D eigenvalue weighted by atomic mass is 10.0. The van der Waals surface area contributed by atoms with E-state index in [4.69, 9.17) is 15.0 Å². The summed E-state index contributed by atoms with van der Waals surface area (Å²) in [4.78, 5) is 0. The van der Waals surface area contributed by atoms with E-state index in [1.54, 1.807) is 13.3 Å². The molecular formula is C12H14N2O2. The van der Waals surface area contributed by atoms with E-state index in [0.717, 1.165) is 23.3 Å². The SMILES string of the molecule is CCc1ccc(OC)c(-c2cnoc2N)c1. The van der Waals surface area contributed by atoms with Crippen molar-refractivity contribution in [3.63, 3.8) is 0 Å². The van der Waals surface area contributed by atoms with Crippen LogP contribution in [0.25, 0.3) is 11.1 Å². The number of rotatable bonds is 3. The molecule has 0 aliphatic rings. The lowest BCUT2D eigenvalue weighted by Gasteiger charge is -2.08. The molecule has 0 radical (unpaired) electrons. The standard InChI is InChI=1S/C12H14N2O2/c1-3-8-4-5-11(15-2)9(6-8)10-7-14-16-12(10)13/h4-7H,3,13H2,1-2H3. The van der Waals surface area contributed by atoms with Crippen molar-refractivity contribution in [2.75, 3.05) is 12.8 Å². The average molecular weight is 218 g/mol. The number of aromatic nitrogens is 1. The van der Waals surface area contributed by atoms with Crippen molar-refractivity contribution in [1.82, 2.24) is 5.16 Å². The summed E-state index contributed by atoms with van der Waals surface area (Å²) in [7, 11) is 1.63. The number of anilines is 1. The number of benzene rings is 1. The molecule has 4 nitrogen and oxygen atoms in total. The van der Waals surface area contributed by atoms with Gasteiger partial charge in [0.2, 0.25) is 5.88 Å². The third-order valence-corrected chi connectivity index (χ3v) is 2.56. The highest BCUT2D eigenvalue weighted by Gasteiger charge is 2.12. The Morgan fingerprint density at radius 1 is 1.38 bits per heavy atom. The highest BCUT2D eigenvalue weighted by Crippen LogP contribution is 2.34. The molecule has 0 unspecified atom stereocenters. The van der Waals surface area contributed by atoms with E-state index in [2.05, 4.69) is 12.1 Å². The van der Waals surface area contributed by atoms with Gasteiger partial charge < -0.3 is 15.0 Å². The maximum atomic E-state index is 5.70. The first-order chi connectivity index (χ1) is 7.76. The van der Waals surface area contributed by atoms with Gasteiger partial charge in [-0.2, -0.15) is 0 Å². The molecule has 2 rings (SSSR count). The number of nitrogens with zero attached hydrogens (tertiary/aromatic N) is 1. The molecule has 0 atom stereocenters. The van der Waals surface area contributed by atoms with Crippen LogP contribution in [0.2, 0.25) is 0 Å². The molecule has 0 aliphatic carbocycles. The Morgan fingerprint density at radius 2 is 2.19 bits per heavy atom. The van der Waals surface area contributed by atoms with Gasteiger partial charge in [0, 0.05) is 5.56 Å².